The average Bonchev–Trinajstić information content (AvgIpc) is 3.67. The van der Waals surface area contributed by atoms with Gasteiger partial charge in [-0.25, -0.2) is 18.6 Å². The van der Waals surface area contributed by atoms with Gasteiger partial charge >= 0.3 is 5.97 Å². The zero-order valence-corrected chi connectivity index (χ0v) is 24.1. The zero-order chi connectivity index (χ0) is 28.8. The molecule has 0 radical (unpaired) electrons. The molecular weight excluding hydrogens is 524 g/mol. The largest absolute Gasteiger partial charge is 0.464 e. The van der Waals surface area contributed by atoms with Crippen LogP contribution in [0.4, 0.5) is 8.78 Å². The van der Waals surface area contributed by atoms with Gasteiger partial charge in [0.2, 0.25) is 0 Å². The molecule has 2 aliphatic heterocycles. The standard InChI is InChI=1S/C32H37F2N5O2/c1-5-37-12-11-24(27(34)17-37)21-7-9-22(10-8-21)25-13-19(3)26-16-39(36-29(26)20(25)4)31(32(40)41-6-2)30-28-14-23(33)15-38(28)18-35-30/h7-10,13,16,18,23-24,27,31H,5-6,11-12,14-15,17H2,1-4H3/t23-,24+,27-,31?/m1/s1. The van der Waals surface area contributed by atoms with Gasteiger partial charge in [-0.15, -0.1) is 0 Å². The van der Waals surface area contributed by atoms with Crippen molar-refractivity contribution in [3.05, 3.63) is 70.9 Å². The number of hydrogen-bond donors (Lipinski definition) is 0. The Bertz CT molecular complexity index is 1580. The fourth-order valence-electron chi connectivity index (χ4n) is 6.54. The summed E-state index contributed by atoms with van der Waals surface area (Å²) in [6, 6.07) is 9.49. The van der Waals surface area contributed by atoms with Crippen LogP contribution in [-0.4, -0.2) is 68.8 Å². The summed E-state index contributed by atoms with van der Waals surface area (Å²) < 4.78 is 38.0. The molecule has 7 nitrogen and oxygen atoms in total. The van der Waals surface area contributed by atoms with Gasteiger partial charge in [0, 0.05) is 36.2 Å². The van der Waals surface area contributed by atoms with Crippen LogP contribution in [0.3, 0.4) is 0 Å². The zero-order valence-electron chi connectivity index (χ0n) is 24.1. The minimum atomic E-state index is -0.996. The third-order valence-corrected chi connectivity index (χ3v) is 8.82. The third-order valence-electron chi connectivity index (χ3n) is 8.82. The molecule has 41 heavy (non-hydrogen) atoms. The number of ether oxygens (including phenoxy) is 1. The molecular formula is C32H37F2N5O2. The molecule has 216 valence electrons. The lowest BCUT2D eigenvalue weighted by atomic mass is 9.86. The smallest absolute Gasteiger partial charge is 0.337 e. The Morgan fingerprint density at radius 3 is 2.63 bits per heavy atom. The Morgan fingerprint density at radius 1 is 1.15 bits per heavy atom. The number of piperidine rings is 1. The van der Waals surface area contributed by atoms with Crippen LogP contribution in [0.2, 0.25) is 0 Å². The maximum atomic E-state index is 14.9. The van der Waals surface area contributed by atoms with Crippen molar-refractivity contribution in [3.8, 4) is 11.1 Å². The summed E-state index contributed by atoms with van der Waals surface area (Å²) in [5.41, 5.74) is 7.10. The highest BCUT2D eigenvalue weighted by Crippen LogP contribution is 2.36. The van der Waals surface area contributed by atoms with Crippen molar-refractivity contribution in [2.45, 2.75) is 71.4 Å². The fraction of sp³-hybridized carbons (Fsp3) is 0.469. The number of alkyl halides is 2. The first kappa shape index (κ1) is 27.6. The van der Waals surface area contributed by atoms with E-state index >= 15 is 0 Å². The molecule has 0 spiro atoms. The second-order valence-electron chi connectivity index (χ2n) is 11.3. The minimum Gasteiger partial charge on any atom is -0.464 e. The predicted octanol–water partition coefficient (Wildman–Crippen LogP) is 5.71. The predicted molar refractivity (Wildman–Crippen MR) is 155 cm³/mol. The van der Waals surface area contributed by atoms with Gasteiger partial charge in [0.15, 0.2) is 6.04 Å². The number of rotatable bonds is 7. The highest BCUT2D eigenvalue weighted by atomic mass is 19.1. The van der Waals surface area contributed by atoms with E-state index in [1.165, 1.54) is 0 Å². The van der Waals surface area contributed by atoms with E-state index in [4.69, 9.17) is 9.84 Å². The number of nitrogens with zero attached hydrogens (tertiary/aromatic N) is 5. The summed E-state index contributed by atoms with van der Waals surface area (Å²) in [7, 11) is 0. The van der Waals surface area contributed by atoms with Gasteiger partial charge in [0.25, 0.3) is 0 Å². The van der Waals surface area contributed by atoms with Crippen molar-refractivity contribution in [3.63, 3.8) is 0 Å². The lowest BCUT2D eigenvalue weighted by molar-refractivity contribution is -0.146. The highest BCUT2D eigenvalue weighted by molar-refractivity contribution is 5.91. The van der Waals surface area contributed by atoms with Crippen LogP contribution in [0.15, 0.2) is 42.9 Å². The van der Waals surface area contributed by atoms with E-state index in [1.54, 1.807) is 22.5 Å². The van der Waals surface area contributed by atoms with Crippen LogP contribution in [0.25, 0.3) is 22.0 Å². The SMILES string of the molecule is CCOC(=O)C(c1ncn2c1C[C@@H](F)C2)n1cc2c(C)cc(-c3ccc([C@@H]4CCN(CC)C[C@H]4F)cc3)c(C)c2n1. The van der Waals surface area contributed by atoms with Crippen LogP contribution >= 0.6 is 0 Å². The molecule has 4 atom stereocenters. The van der Waals surface area contributed by atoms with E-state index in [0.717, 1.165) is 58.2 Å². The summed E-state index contributed by atoms with van der Waals surface area (Å²) in [6.07, 6.45) is 2.64. The van der Waals surface area contributed by atoms with Gasteiger partial charge < -0.3 is 14.2 Å². The van der Waals surface area contributed by atoms with Crippen molar-refractivity contribution in [1.29, 1.82) is 0 Å². The monoisotopic (exact) mass is 561 g/mol. The summed E-state index contributed by atoms with van der Waals surface area (Å²) >= 11 is 0. The first-order chi connectivity index (χ1) is 19.8. The number of halogens is 2. The topological polar surface area (TPSA) is 65.2 Å². The van der Waals surface area contributed by atoms with E-state index < -0.39 is 24.4 Å². The maximum Gasteiger partial charge on any atom is 0.337 e. The molecule has 1 unspecified atom stereocenters. The van der Waals surface area contributed by atoms with Crippen LogP contribution < -0.4 is 0 Å². The molecule has 4 heterocycles. The van der Waals surface area contributed by atoms with Gasteiger partial charge in [0.1, 0.15) is 12.3 Å². The first-order valence-corrected chi connectivity index (χ1v) is 14.6. The number of carbonyl (C=O) groups is 1. The summed E-state index contributed by atoms with van der Waals surface area (Å²) in [5, 5.41) is 5.83. The molecule has 0 bridgehead atoms. The van der Waals surface area contributed by atoms with E-state index in [1.807, 2.05) is 20.0 Å². The Hall–Kier alpha value is -3.59. The number of hydrogen-bond acceptors (Lipinski definition) is 5. The van der Waals surface area contributed by atoms with Crippen molar-refractivity contribution in [2.24, 2.45) is 0 Å². The molecule has 2 aliphatic rings. The maximum absolute atomic E-state index is 14.9. The van der Waals surface area contributed by atoms with Gasteiger partial charge in [-0.2, -0.15) is 5.10 Å². The number of aromatic nitrogens is 4. The second-order valence-corrected chi connectivity index (χ2v) is 11.3. The van der Waals surface area contributed by atoms with Crippen molar-refractivity contribution in [2.75, 3.05) is 26.2 Å². The minimum absolute atomic E-state index is 0.0789. The number of aryl methyl sites for hydroxylation is 2. The molecule has 1 fully saturated rings. The van der Waals surface area contributed by atoms with Crippen molar-refractivity contribution < 1.29 is 18.3 Å². The Balaban J connectivity index is 1.35. The van der Waals surface area contributed by atoms with Crippen LogP contribution in [0, 0.1) is 13.8 Å². The molecule has 0 N–H and O–H groups in total. The molecule has 2 aromatic heterocycles. The summed E-state index contributed by atoms with van der Waals surface area (Å²) in [5.74, 6) is -0.545. The van der Waals surface area contributed by atoms with E-state index in [2.05, 4.69) is 47.1 Å². The number of benzene rings is 2. The lowest BCUT2D eigenvalue weighted by Crippen LogP contribution is -2.40. The molecule has 4 aromatic rings. The van der Waals surface area contributed by atoms with Gasteiger partial charge in [0.05, 0.1) is 30.7 Å². The Morgan fingerprint density at radius 2 is 1.93 bits per heavy atom. The van der Waals surface area contributed by atoms with Crippen LogP contribution in [-0.2, 0) is 22.5 Å². The third kappa shape index (κ3) is 4.94. The molecule has 0 saturated carbocycles. The summed E-state index contributed by atoms with van der Waals surface area (Å²) in [6.45, 7) is 10.6. The molecule has 2 aromatic carbocycles. The first-order valence-electron chi connectivity index (χ1n) is 14.6. The summed E-state index contributed by atoms with van der Waals surface area (Å²) in [4.78, 5) is 19.9. The number of likely N-dealkylation sites (tertiary alicyclic amines) is 1. The molecule has 9 heteroatoms. The number of carbonyl (C=O) groups excluding carboxylic acids is 1. The Labute approximate surface area is 239 Å². The van der Waals surface area contributed by atoms with E-state index in [0.29, 0.717) is 17.9 Å². The molecule has 1 saturated heterocycles. The molecule has 6 rings (SSSR count). The lowest BCUT2D eigenvalue weighted by Gasteiger charge is -2.34. The van der Waals surface area contributed by atoms with Crippen LogP contribution in [0.5, 0.6) is 0 Å². The number of imidazole rings is 1. The van der Waals surface area contributed by atoms with Crippen LogP contribution in [0.1, 0.15) is 60.3 Å². The van der Waals surface area contributed by atoms with Crippen molar-refractivity contribution >= 4 is 16.9 Å². The van der Waals surface area contributed by atoms with Gasteiger partial charge in [-0.3, -0.25) is 4.68 Å². The normalized spacial score (nSPS) is 21.8. The van der Waals surface area contributed by atoms with Gasteiger partial charge in [-0.1, -0.05) is 37.3 Å². The highest BCUT2D eigenvalue weighted by Gasteiger charge is 2.35. The van der Waals surface area contributed by atoms with Crippen molar-refractivity contribution in [1.82, 2.24) is 24.2 Å². The second kappa shape index (κ2) is 11.0. The average molecular weight is 562 g/mol. The van der Waals surface area contributed by atoms with E-state index in [9.17, 15) is 13.6 Å². The molecule has 0 amide bonds. The Kier molecular flexibility index (Phi) is 7.40. The van der Waals surface area contributed by atoms with E-state index in [-0.39, 0.29) is 25.5 Å². The van der Waals surface area contributed by atoms with Gasteiger partial charge in [-0.05, 0) is 68.1 Å². The quantitative estimate of drug-likeness (QED) is 0.271. The molecule has 0 aliphatic carbocycles. The number of fused-ring (bicyclic) bond motifs is 2. The number of esters is 1. The fourth-order valence-corrected chi connectivity index (χ4v) is 6.54.